The van der Waals surface area contributed by atoms with Gasteiger partial charge in [-0.05, 0) is 31.4 Å². The number of benzene rings is 1. The van der Waals surface area contributed by atoms with Gasteiger partial charge in [-0.15, -0.1) is 0 Å². The Labute approximate surface area is 103 Å². The molecule has 0 atom stereocenters. The van der Waals surface area contributed by atoms with Crippen molar-refractivity contribution >= 4 is 5.69 Å². The summed E-state index contributed by atoms with van der Waals surface area (Å²) in [5, 5.41) is 12.3. The minimum absolute atomic E-state index is 0.708. The van der Waals surface area contributed by atoms with Crippen LogP contribution in [0.25, 0.3) is 0 Å². The van der Waals surface area contributed by atoms with Crippen molar-refractivity contribution in [3.8, 4) is 6.07 Å². The molecule has 17 heavy (non-hydrogen) atoms. The van der Waals surface area contributed by atoms with Crippen LogP contribution in [0.5, 0.6) is 0 Å². The van der Waals surface area contributed by atoms with Gasteiger partial charge >= 0.3 is 0 Å². The van der Waals surface area contributed by atoms with E-state index in [0.717, 1.165) is 43.9 Å². The van der Waals surface area contributed by atoms with Crippen molar-refractivity contribution in [2.75, 3.05) is 25.1 Å². The second-order valence-corrected chi connectivity index (χ2v) is 4.00. The minimum atomic E-state index is 0.708. The molecule has 0 bridgehead atoms. The van der Waals surface area contributed by atoms with Crippen LogP contribution in [-0.4, -0.2) is 19.8 Å². The predicted octanol–water partition coefficient (Wildman–Crippen LogP) is 3.10. The number of anilines is 1. The smallest absolute Gasteiger partial charge is 0.101 e. The van der Waals surface area contributed by atoms with E-state index in [1.807, 2.05) is 25.1 Å². The van der Waals surface area contributed by atoms with Crippen molar-refractivity contribution in [3.05, 3.63) is 29.3 Å². The van der Waals surface area contributed by atoms with Gasteiger partial charge in [0, 0.05) is 19.8 Å². The fourth-order valence-electron chi connectivity index (χ4n) is 1.63. The molecule has 3 nitrogen and oxygen atoms in total. The van der Waals surface area contributed by atoms with Crippen LogP contribution in [0.1, 0.15) is 30.9 Å². The zero-order valence-corrected chi connectivity index (χ0v) is 10.6. The van der Waals surface area contributed by atoms with Gasteiger partial charge in [0.2, 0.25) is 0 Å². The van der Waals surface area contributed by atoms with E-state index in [1.54, 1.807) is 0 Å². The summed E-state index contributed by atoms with van der Waals surface area (Å²) in [6.07, 6.45) is 2.02. The second kappa shape index (κ2) is 7.70. The lowest BCUT2D eigenvalue weighted by atomic mass is 10.1. The van der Waals surface area contributed by atoms with Crippen molar-refractivity contribution in [1.29, 1.82) is 5.26 Å². The first-order valence-electron chi connectivity index (χ1n) is 6.11. The van der Waals surface area contributed by atoms with Crippen LogP contribution in [0.2, 0.25) is 0 Å². The molecule has 92 valence electrons. The summed E-state index contributed by atoms with van der Waals surface area (Å²) in [4.78, 5) is 0. The lowest BCUT2D eigenvalue weighted by molar-refractivity contribution is 0.134. The molecule has 0 aliphatic carbocycles. The highest BCUT2D eigenvalue weighted by molar-refractivity contribution is 5.62. The highest BCUT2D eigenvalue weighted by Gasteiger charge is 2.03. The average Bonchev–Trinajstić information content (AvgIpc) is 2.35. The summed E-state index contributed by atoms with van der Waals surface area (Å²) in [5.74, 6) is 0. The van der Waals surface area contributed by atoms with Crippen molar-refractivity contribution < 1.29 is 4.74 Å². The highest BCUT2D eigenvalue weighted by Crippen LogP contribution is 2.19. The molecule has 0 radical (unpaired) electrons. The number of aryl methyl sites for hydroxylation is 1. The molecule has 0 fully saturated rings. The van der Waals surface area contributed by atoms with Gasteiger partial charge in [-0.2, -0.15) is 5.26 Å². The Hall–Kier alpha value is -1.53. The minimum Gasteiger partial charge on any atom is -0.384 e. The molecule has 0 spiro atoms. The molecule has 0 saturated heterocycles. The van der Waals surface area contributed by atoms with Gasteiger partial charge in [-0.25, -0.2) is 0 Å². The first-order valence-corrected chi connectivity index (χ1v) is 6.11. The van der Waals surface area contributed by atoms with Crippen LogP contribution < -0.4 is 5.32 Å². The predicted molar refractivity (Wildman–Crippen MR) is 70.1 cm³/mol. The molecule has 0 aliphatic rings. The summed E-state index contributed by atoms with van der Waals surface area (Å²) in [6.45, 7) is 6.55. The van der Waals surface area contributed by atoms with E-state index >= 15 is 0 Å². The molecule has 1 rings (SSSR count). The molecule has 1 aromatic carbocycles. The van der Waals surface area contributed by atoms with E-state index in [9.17, 15) is 0 Å². The zero-order valence-electron chi connectivity index (χ0n) is 10.6. The van der Waals surface area contributed by atoms with Crippen LogP contribution >= 0.6 is 0 Å². The molecule has 1 N–H and O–H groups in total. The van der Waals surface area contributed by atoms with Crippen molar-refractivity contribution in [2.45, 2.75) is 26.7 Å². The van der Waals surface area contributed by atoms with E-state index in [1.165, 1.54) is 0 Å². The van der Waals surface area contributed by atoms with Crippen molar-refractivity contribution in [2.24, 2.45) is 0 Å². The Balaban J connectivity index is 2.39. The Bertz CT molecular complexity index is 382. The Morgan fingerprint density at radius 1 is 1.35 bits per heavy atom. The number of nitrogens with one attached hydrogen (secondary N) is 1. The first-order chi connectivity index (χ1) is 8.29. The van der Waals surface area contributed by atoms with Gasteiger partial charge in [-0.3, -0.25) is 0 Å². The number of hydrogen-bond acceptors (Lipinski definition) is 3. The molecule has 1 aromatic rings. The Kier molecular flexibility index (Phi) is 6.13. The van der Waals surface area contributed by atoms with Crippen LogP contribution in [0.3, 0.4) is 0 Å². The number of ether oxygens (including phenoxy) is 1. The fourth-order valence-corrected chi connectivity index (χ4v) is 1.63. The third-order valence-electron chi connectivity index (χ3n) is 2.51. The van der Waals surface area contributed by atoms with E-state index < -0.39 is 0 Å². The second-order valence-electron chi connectivity index (χ2n) is 4.00. The van der Waals surface area contributed by atoms with Gasteiger partial charge in [0.15, 0.2) is 0 Å². The van der Waals surface area contributed by atoms with Crippen molar-refractivity contribution in [3.63, 3.8) is 0 Å². The molecule has 0 aliphatic heterocycles. The van der Waals surface area contributed by atoms with Gasteiger partial charge in [0.05, 0.1) is 11.3 Å². The van der Waals surface area contributed by atoms with E-state index in [-0.39, 0.29) is 0 Å². The molecular formula is C14H20N2O. The maximum absolute atomic E-state index is 9.00. The summed E-state index contributed by atoms with van der Waals surface area (Å²) < 4.78 is 5.40. The molecule has 0 saturated carbocycles. The molecule has 0 amide bonds. The third-order valence-corrected chi connectivity index (χ3v) is 2.51. The lowest BCUT2D eigenvalue weighted by Gasteiger charge is -2.11. The highest BCUT2D eigenvalue weighted by atomic mass is 16.5. The van der Waals surface area contributed by atoms with E-state index in [2.05, 4.69) is 18.3 Å². The fraction of sp³-hybridized carbons (Fsp3) is 0.500. The first kappa shape index (κ1) is 13.5. The third kappa shape index (κ3) is 4.46. The molecular weight excluding hydrogens is 212 g/mol. The summed E-state index contributed by atoms with van der Waals surface area (Å²) in [5.41, 5.74) is 2.77. The summed E-state index contributed by atoms with van der Waals surface area (Å²) in [7, 11) is 0. The van der Waals surface area contributed by atoms with Gasteiger partial charge in [-0.1, -0.05) is 19.1 Å². The quantitative estimate of drug-likeness (QED) is 0.735. The number of nitrogens with zero attached hydrogens (tertiary/aromatic N) is 1. The number of hydrogen-bond donors (Lipinski definition) is 1. The van der Waals surface area contributed by atoms with Crippen LogP contribution in [0.4, 0.5) is 5.69 Å². The number of nitriles is 1. The summed E-state index contributed by atoms with van der Waals surface area (Å²) >= 11 is 0. The van der Waals surface area contributed by atoms with Gasteiger partial charge in [0.1, 0.15) is 6.07 Å². The molecule has 0 aromatic heterocycles. The Morgan fingerprint density at radius 3 is 2.88 bits per heavy atom. The van der Waals surface area contributed by atoms with E-state index in [4.69, 9.17) is 10.00 Å². The van der Waals surface area contributed by atoms with Crippen LogP contribution in [0.15, 0.2) is 18.2 Å². The Morgan fingerprint density at radius 2 is 2.18 bits per heavy atom. The topological polar surface area (TPSA) is 45.0 Å². The average molecular weight is 232 g/mol. The van der Waals surface area contributed by atoms with E-state index in [0.29, 0.717) is 5.56 Å². The largest absolute Gasteiger partial charge is 0.384 e. The standard InChI is InChI=1S/C14H20N2O/c1-3-9-17-10-5-8-16-14-12(2)6-4-7-13(14)11-15/h4,6-7,16H,3,5,8-10H2,1-2H3. The monoisotopic (exact) mass is 232 g/mol. The zero-order chi connectivity index (χ0) is 12.5. The maximum Gasteiger partial charge on any atom is 0.101 e. The van der Waals surface area contributed by atoms with Crippen LogP contribution in [-0.2, 0) is 4.74 Å². The van der Waals surface area contributed by atoms with Gasteiger partial charge in [0.25, 0.3) is 0 Å². The number of rotatable bonds is 7. The number of para-hydroxylation sites is 1. The van der Waals surface area contributed by atoms with Crippen molar-refractivity contribution in [1.82, 2.24) is 0 Å². The van der Waals surface area contributed by atoms with Crippen LogP contribution in [0, 0.1) is 18.3 Å². The molecule has 0 heterocycles. The summed E-state index contributed by atoms with van der Waals surface area (Å²) in [6, 6.07) is 7.96. The maximum atomic E-state index is 9.00. The molecule has 0 unspecified atom stereocenters. The van der Waals surface area contributed by atoms with Gasteiger partial charge < -0.3 is 10.1 Å². The molecule has 3 heteroatoms. The lowest BCUT2D eigenvalue weighted by Crippen LogP contribution is -2.08. The SMILES string of the molecule is CCCOCCCNc1c(C)cccc1C#N. The normalized spacial score (nSPS) is 9.94.